The van der Waals surface area contributed by atoms with Crippen LogP contribution in [0.4, 0.5) is 0 Å². The number of thiophene rings is 2. The van der Waals surface area contributed by atoms with Gasteiger partial charge < -0.3 is 0 Å². The third-order valence-corrected chi connectivity index (χ3v) is 10.7. The Balaban J connectivity index is 1.75. The molecule has 0 saturated carbocycles. The number of halogens is 2. The van der Waals surface area contributed by atoms with E-state index in [1.807, 2.05) is 22.7 Å². The fourth-order valence-corrected chi connectivity index (χ4v) is 8.59. The monoisotopic (exact) mass is 650 g/mol. The Kier molecular flexibility index (Phi) is 9.90. The minimum atomic E-state index is 0.620. The number of fused-ring (bicyclic) bond motifs is 6. The van der Waals surface area contributed by atoms with E-state index in [1.165, 1.54) is 70.1 Å². The van der Waals surface area contributed by atoms with E-state index >= 15 is 0 Å². The zero-order valence-corrected chi connectivity index (χ0v) is 27.4. The van der Waals surface area contributed by atoms with E-state index < -0.39 is 0 Å². The number of aromatic nitrogens is 2. The Morgan fingerprint density at radius 2 is 1.03 bits per heavy atom. The molecule has 3 heterocycles. The van der Waals surface area contributed by atoms with Gasteiger partial charge in [0.25, 0.3) is 0 Å². The molecule has 1 aromatic carbocycles. The van der Waals surface area contributed by atoms with Crippen molar-refractivity contribution in [2.45, 2.75) is 92.9 Å². The molecule has 0 bridgehead atoms. The van der Waals surface area contributed by atoms with Gasteiger partial charge in [-0.2, -0.15) is 0 Å². The molecule has 0 aliphatic carbocycles. The molecule has 3 aromatic heterocycles. The van der Waals surface area contributed by atoms with Crippen LogP contribution in [-0.4, -0.2) is 9.97 Å². The Hall–Kier alpha value is -0.560. The first-order chi connectivity index (χ1) is 17.1. The Labute approximate surface area is 242 Å². The van der Waals surface area contributed by atoms with E-state index in [0.29, 0.717) is 11.8 Å². The summed E-state index contributed by atoms with van der Waals surface area (Å²) < 4.78 is 4.95. The van der Waals surface area contributed by atoms with Gasteiger partial charge in [0.2, 0.25) is 0 Å². The second kappa shape index (κ2) is 12.5. The molecule has 0 spiro atoms. The molecule has 0 unspecified atom stereocenters. The van der Waals surface area contributed by atoms with E-state index in [-0.39, 0.29) is 0 Å². The number of hydrogen-bond acceptors (Lipinski definition) is 4. The molecular formula is C30H40Br2N2S2. The first kappa shape index (κ1) is 28.4. The largest absolute Gasteiger partial charge is 0.249 e. The van der Waals surface area contributed by atoms with Gasteiger partial charge in [0, 0.05) is 10.8 Å². The highest BCUT2D eigenvalue weighted by Crippen LogP contribution is 2.45. The molecule has 0 aliphatic heterocycles. The number of nitrogens with zero attached hydrogens (tertiary/aromatic N) is 2. The van der Waals surface area contributed by atoms with Crippen molar-refractivity contribution in [3.05, 3.63) is 31.1 Å². The molecule has 4 rings (SSSR count). The van der Waals surface area contributed by atoms with Crippen molar-refractivity contribution in [3.8, 4) is 0 Å². The van der Waals surface area contributed by atoms with Crippen LogP contribution in [0.2, 0.25) is 0 Å². The van der Waals surface area contributed by atoms with Crippen LogP contribution in [0, 0.1) is 23.7 Å². The highest BCUT2D eigenvalue weighted by atomic mass is 79.9. The van der Waals surface area contributed by atoms with Gasteiger partial charge in [0.05, 0.1) is 39.4 Å². The predicted molar refractivity (Wildman–Crippen MR) is 169 cm³/mol. The van der Waals surface area contributed by atoms with Gasteiger partial charge in [-0.1, -0.05) is 80.1 Å². The summed E-state index contributed by atoms with van der Waals surface area (Å²) in [5, 5.41) is 2.47. The maximum Gasteiger partial charge on any atom is 0.0984 e. The Morgan fingerprint density at radius 3 is 1.39 bits per heavy atom. The Bertz CT molecular complexity index is 1220. The molecule has 0 amide bonds. The molecular weight excluding hydrogens is 612 g/mol. The highest BCUT2D eigenvalue weighted by Gasteiger charge is 2.21. The van der Waals surface area contributed by atoms with Crippen molar-refractivity contribution in [1.82, 2.24) is 9.97 Å². The van der Waals surface area contributed by atoms with Gasteiger partial charge in [0.15, 0.2) is 0 Å². The summed E-state index contributed by atoms with van der Waals surface area (Å²) in [6.45, 7) is 14.1. The first-order valence-electron chi connectivity index (χ1n) is 13.6. The van der Waals surface area contributed by atoms with E-state index in [9.17, 15) is 0 Å². The van der Waals surface area contributed by atoms with Crippen molar-refractivity contribution < 1.29 is 0 Å². The summed E-state index contributed by atoms with van der Waals surface area (Å²) in [4.78, 5) is 10.9. The van der Waals surface area contributed by atoms with Crippen LogP contribution in [-0.2, 0) is 12.8 Å². The molecule has 2 atom stereocenters. The van der Waals surface area contributed by atoms with Crippen LogP contribution in [0.15, 0.2) is 19.7 Å². The van der Waals surface area contributed by atoms with Gasteiger partial charge in [-0.15, -0.1) is 22.7 Å². The lowest BCUT2D eigenvalue weighted by Gasteiger charge is -2.18. The van der Waals surface area contributed by atoms with Gasteiger partial charge in [-0.05, 0) is 80.5 Å². The maximum absolute atomic E-state index is 5.43. The first-order valence-corrected chi connectivity index (χ1v) is 16.8. The Morgan fingerprint density at radius 1 is 0.639 bits per heavy atom. The summed E-state index contributed by atoms with van der Waals surface area (Å²) in [6, 6.07) is 4.49. The van der Waals surface area contributed by atoms with E-state index in [4.69, 9.17) is 9.97 Å². The molecule has 6 heteroatoms. The van der Waals surface area contributed by atoms with Gasteiger partial charge in [-0.3, -0.25) is 0 Å². The van der Waals surface area contributed by atoms with Crippen molar-refractivity contribution >= 4 is 85.7 Å². The van der Waals surface area contributed by atoms with Crippen molar-refractivity contribution in [2.75, 3.05) is 0 Å². The van der Waals surface area contributed by atoms with Gasteiger partial charge in [-0.25, -0.2) is 9.97 Å². The van der Waals surface area contributed by atoms with Crippen LogP contribution in [0.1, 0.15) is 91.5 Å². The third kappa shape index (κ3) is 6.90. The number of rotatable bonds is 12. The minimum absolute atomic E-state index is 0.620. The van der Waals surface area contributed by atoms with Crippen LogP contribution in [0.5, 0.6) is 0 Å². The number of benzene rings is 1. The topological polar surface area (TPSA) is 25.8 Å². The molecule has 0 aliphatic rings. The average molecular weight is 653 g/mol. The van der Waals surface area contributed by atoms with Gasteiger partial charge >= 0.3 is 0 Å². The van der Waals surface area contributed by atoms with Crippen LogP contribution >= 0.6 is 54.5 Å². The lowest BCUT2D eigenvalue weighted by atomic mass is 9.92. The van der Waals surface area contributed by atoms with Crippen LogP contribution in [0.25, 0.3) is 31.2 Å². The van der Waals surface area contributed by atoms with E-state index in [1.54, 1.807) is 0 Å². The molecule has 36 heavy (non-hydrogen) atoms. The standard InChI is InChI=1S/C30H40Br2N2S2/c1-17(2)9-7-11-19(5)13-23-24(14-20(6)12-8-10-18(3)4)34-28-22-16-26(32)36-30(22)29-21(27(28)33-23)15-25(31)35-29/h15-20H,7-14H2,1-6H3/t19-,20-/m0/s1. The SMILES string of the molecule is CC(C)CCC[C@H](C)Cc1nc2c3cc(Br)sc3c3sc(Br)cc3c2nc1C[C@@H](C)CCCC(C)C. The lowest BCUT2D eigenvalue weighted by Crippen LogP contribution is -2.12. The fraction of sp³-hybridized carbons (Fsp3) is 0.600. The molecule has 2 nitrogen and oxygen atoms in total. The second-order valence-electron chi connectivity index (χ2n) is 11.7. The second-order valence-corrected chi connectivity index (χ2v) is 16.5. The van der Waals surface area contributed by atoms with E-state index in [0.717, 1.165) is 43.3 Å². The zero-order valence-electron chi connectivity index (χ0n) is 22.6. The van der Waals surface area contributed by atoms with Crippen molar-refractivity contribution in [3.63, 3.8) is 0 Å². The van der Waals surface area contributed by atoms with Crippen molar-refractivity contribution in [1.29, 1.82) is 0 Å². The summed E-state index contributed by atoms with van der Waals surface area (Å²) in [5.41, 5.74) is 4.61. The maximum atomic E-state index is 5.43. The molecule has 196 valence electrons. The van der Waals surface area contributed by atoms with E-state index in [2.05, 4.69) is 85.5 Å². The van der Waals surface area contributed by atoms with Gasteiger partial charge in [0.1, 0.15) is 0 Å². The average Bonchev–Trinajstić information content (AvgIpc) is 3.36. The molecule has 0 radical (unpaired) electrons. The zero-order chi connectivity index (χ0) is 26.0. The third-order valence-electron chi connectivity index (χ3n) is 7.21. The summed E-state index contributed by atoms with van der Waals surface area (Å²) >= 11 is 11.1. The predicted octanol–water partition coefficient (Wildman–Crippen LogP) is 11.6. The smallest absolute Gasteiger partial charge is 0.0984 e. The van der Waals surface area contributed by atoms with Crippen LogP contribution < -0.4 is 0 Å². The number of hydrogen-bond donors (Lipinski definition) is 0. The van der Waals surface area contributed by atoms with Crippen LogP contribution in [0.3, 0.4) is 0 Å². The highest BCUT2D eigenvalue weighted by molar-refractivity contribution is 9.11. The summed E-state index contributed by atoms with van der Waals surface area (Å²) in [5.74, 6) is 2.79. The quantitative estimate of drug-likeness (QED) is 0.152. The molecule has 0 fully saturated rings. The molecule has 0 N–H and O–H groups in total. The summed E-state index contributed by atoms with van der Waals surface area (Å²) in [7, 11) is 0. The summed E-state index contributed by atoms with van der Waals surface area (Å²) in [6.07, 6.45) is 9.77. The normalized spacial score (nSPS) is 14.2. The minimum Gasteiger partial charge on any atom is -0.249 e. The lowest BCUT2D eigenvalue weighted by molar-refractivity contribution is 0.441. The molecule has 0 saturated heterocycles. The fourth-order valence-electron chi connectivity index (χ4n) is 5.23. The molecule has 4 aromatic rings. The van der Waals surface area contributed by atoms with Crippen molar-refractivity contribution in [2.24, 2.45) is 23.7 Å².